The van der Waals surface area contributed by atoms with Gasteiger partial charge >= 0.3 is 5.97 Å². The van der Waals surface area contributed by atoms with Gasteiger partial charge < -0.3 is 20.8 Å². The van der Waals surface area contributed by atoms with E-state index < -0.39 is 34.9 Å². The van der Waals surface area contributed by atoms with Crippen molar-refractivity contribution in [1.82, 2.24) is 5.32 Å². The number of carboxylic acid groups (broad SMARTS) is 1. The lowest BCUT2D eigenvalue weighted by Crippen LogP contribution is -2.55. The van der Waals surface area contributed by atoms with E-state index in [0.717, 1.165) is 5.56 Å². The van der Waals surface area contributed by atoms with Crippen LogP contribution in [0.4, 0.5) is 5.69 Å². The monoisotopic (exact) mass is 436 g/mol. The van der Waals surface area contributed by atoms with Crippen molar-refractivity contribution in [1.29, 1.82) is 0 Å². The molecule has 7 heteroatoms. The van der Waals surface area contributed by atoms with Crippen LogP contribution in [0.1, 0.15) is 31.4 Å². The SMILES string of the molecule is C=CC(C)(C)[C@]1(C[C@H](NC(=O)[C@@H](O)Cc2ccccc2)C(=O)O)C(=O)Nc2ccccc21. The van der Waals surface area contributed by atoms with E-state index in [0.29, 0.717) is 11.3 Å². The number of anilines is 1. The Morgan fingerprint density at radius 1 is 1.16 bits per heavy atom. The fourth-order valence-corrected chi connectivity index (χ4v) is 4.30. The predicted octanol–water partition coefficient (Wildman–Crippen LogP) is 2.65. The highest BCUT2D eigenvalue weighted by molar-refractivity contribution is 6.07. The van der Waals surface area contributed by atoms with Crippen LogP contribution in [0.25, 0.3) is 0 Å². The Bertz CT molecular complexity index is 1030. The summed E-state index contributed by atoms with van der Waals surface area (Å²) in [5, 5.41) is 25.5. The number of benzene rings is 2. The predicted molar refractivity (Wildman–Crippen MR) is 121 cm³/mol. The Morgan fingerprint density at radius 3 is 2.41 bits per heavy atom. The van der Waals surface area contributed by atoms with Crippen LogP contribution >= 0.6 is 0 Å². The van der Waals surface area contributed by atoms with Gasteiger partial charge in [0, 0.05) is 17.5 Å². The van der Waals surface area contributed by atoms with Crippen molar-refractivity contribution in [2.24, 2.45) is 5.41 Å². The van der Waals surface area contributed by atoms with Gasteiger partial charge in [-0.15, -0.1) is 6.58 Å². The molecule has 0 fully saturated rings. The van der Waals surface area contributed by atoms with Gasteiger partial charge in [0.15, 0.2) is 0 Å². The molecule has 0 aromatic heterocycles. The Kier molecular flexibility index (Phi) is 6.50. The van der Waals surface area contributed by atoms with E-state index in [1.807, 2.05) is 19.9 Å². The van der Waals surface area contributed by atoms with Gasteiger partial charge in [0.25, 0.3) is 0 Å². The first kappa shape index (κ1) is 23.2. The maximum atomic E-state index is 13.3. The van der Waals surface area contributed by atoms with Crippen molar-refractivity contribution >= 4 is 23.5 Å². The summed E-state index contributed by atoms with van der Waals surface area (Å²) in [5.74, 6) is -2.45. The van der Waals surface area contributed by atoms with Gasteiger partial charge in [-0.25, -0.2) is 4.79 Å². The minimum atomic E-state index is -1.42. The highest BCUT2D eigenvalue weighted by Crippen LogP contribution is 2.52. The number of hydrogen-bond donors (Lipinski definition) is 4. The molecule has 1 aliphatic rings. The van der Waals surface area contributed by atoms with Gasteiger partial charge in [0.2, 0.25) is 11.8 Å². The lowest BCUT2D eigenvalue weighted by molar-refractivity contribution is -0.145. The molecule has 0 bridgehead atoms. The first-order valence-electron chi connectivity index (χ1n) is 10.4. The number of rotatable bonds is 9. The quantitative estimate of drug-likeness (QED) is 0.451. The molecule has 0 unspecified atom stereocenters. The van der Waals surface area contributed by atoms with E-state index in [1.54, 1.807) is 54.6 Å². The van der Waals surface area contributed by atoms with Crippen molar-refractivity contribution < 1.29 is 24.6 Å². The number of aliphatic carboxylic acids is 1. The minimum Gasteiger partial charge on any atom is -0.480 e. The summed E-state index contributed by atoms with van der Waals surface area (Å²) in [5.41, 5.74) is -0.0979. The lowest BCUT2D eigenvalue weighted by atomic mass is 9.59. The standard InChI is InChI=1S/C25H28N2O5/c1-4-24(2,3)25(17-12-8-9-13-18(17)27-23(25)32)15-19(22(30)31)26-21(29)20(28)14-16-10-6-5-7-11-16/h4-13,19-20,28H,1,14-15H2,2-3H3,(H,26,29)(H,27,32)(H,30,31)/t19-,20-,25-/m0/s1. The molecule has 0 saturated carbocycles. The van der Waals surface area contributed by atoms with Gasteiger partial charge in [-0.2, -0.15) is 0 Å². The maximum Gasteiger partial charge on any atom is 0.326 e. The van der Waals surface area contributed by atoms with Crippen LogP contribution in [0.5, 0.6) is 0 Å². The van der Waals surface area contributed by atoms with Crippen LogP contribution in [0.15, 0.2) is 67.3 Å². The van der Waals surface area contributed by atoms with Crippen molar-refractivity contribution in [2.45, 2.75) is 44.2 Å². The molecule has 2 aromatic carbocycles. The second-order valence-electron chi connectivity index (χ2n) is 8.64. The van der Waals surface area contributed by atoms with E-state index in [1.165, 1.54) is 0 Å². The molecular weight excluding hydrogens is 408 g/mol. The van der Waals surface area contributed by atoms with Crippen LogP contribution in [-0.4, -0.2) is 40.1 Å². The number of allylic oxidation sites excluding steroid dienone is 1. The lowest BCUT2D eigenvalue weighted by Gasteiger charge is -2.42. The third-order valence-corrected chi connectivity index (χ3v) is 6.33. The zero-order valence-electron chi connectivity index (χ0n) is 18.2. The highest BCUT2D eigenvalue weighted by atomic mass is 16.4. The molecule has 0 radical (unpaired) electrons. The molecule has 0 saturated heterocycles. The third kappa shape index (κ3) is 4.16. The summed E-state index contributed by atoms with van der Waals surface area (Å²) >= 11 is 0. The average Bonchev–Trinajstić information content (AvgIpc) is 3.06. The van der Waals surface area contributed by atoms with Gasteiger partial charge in [-0.1, -0.05) is 68.5 Å². The second-order valence-corrected chi connectivity index (χ2v) is 8.64. The Morgan fingerprint density at radius 2 is 1.78 bits per heavy atom. The highest BCUT2D eigenvalue weighted by Gasteiger charge is 2.57. The first-order valence-corrected chi connectivity index (χ1v) is 10.4. The number of aliphatic hydroxyl groups is 1. The fourth-order valence-electron chi connectivity index (χ4n) is 4.30. The normalized spacial score (nSPS) is 19.4. The van der Waals surface area contributed by atoms with E-state index in [9.17, 15) is 24.6 Å². The summed E-state index contributed by atoms with van der Waals surface area (Å²) in [7, 11) is 0. The fraction of sp³-hybridized carbons (Fsp3) is 0.320. The van der Waals surface area contributed by atoms with Gasteiger partial charge in [-0.05, 0) is 23.6 Å². The molecule has 2 aromatic rings. The molecule has 0 aliphatic carbocycles. The van der Waals surface area contributed by atoms with Crippen LogP contribution in [-0.2, 0) is 26.2 Å². The Labute approximate surface area is 187 Å². The summed E-state index contributed by atoms with van der Waals surface area (Å²) in [6.07, 6.45) is 0.0477. The van der Waals surface area contributed by atoms with E-state index >= 15 is 0 Å². The summed E-state index contributed by atoms with van der Waals surface area (Å²) in [6, 6.07) is 14.6. The summed E-state index contributed by atoms with van der Waals surface area (Å²) in [4.78, 5) is 38.0. The summed E-state index contributed by atoms with van der Waals surface area (Å²) < 4.78 is 0. The number of hydrogen-bond acceptors (Lipinski definition) is 4. The maximum absolute atomic E-state index is 13.3. The molecule has 3 atom stereocenters. The first-order chi connectivity index (χ1) is 15.1. The summed E-state index contributed by atoms with van der Waals surface area (Å²) in [6.45, 7) is 7.49. The molecule has 32 heavy (non-hydrogen) atoms. The topological polar surface area (TPSA) is 116 Å². The van der Waals surface area contributed by atoms with E-state index in [-0.39, 0.29) is 18.7 Å². The molecule has 7 nitrogen and oxygen atoms in total. The smallest absolute Gasteiger partial charge is 0.326 e. The molecule has 0 spiro atoms. The van der Waals surface area contributed by atoms with Crippen molar-refractivity contribution in [3.8, 4) is 0 Å². The number of carbonyl (C=O) groups excluding carboxylic acids is 2. The van der Waals surface area contributed by atoms with E-state index in [4.69, 9.17) is 0 Å². The van der Waals surface area contributed by atoms with Crippen LogP contribution in [0.2, 0.25) is 0 Å². The molecular formula is C25H28N2O5. The Hall–Kier alpha value is -3.45. The van der Waals surface area contributed by atoms with Crippen molar-refractivity contribution in [3.05, 3.63) is 78.4 Å². The third-order valence-electron chi connectivity index (χ3n) is 6.33. The number of nitrogens with one attached hydrogen (secondary N) is 2. The molecule has 1 heterocycles. The van der Waals surface area contributed by atoms with Gasteiger partial charge in [0.1, 0.15) is 12.1 Å². The number of fused-ring (bicyclic) bond motifs is 1. The van der Waals surface area contributed by atoms with Gasteiger partial charge in [-0.3, -0.25) is 9.59 Å². The molecule has 3 rings (SSSR count). The largest absolute Gasteiger partial charge is 0.480 e. The van der Waals surface area contributed by atoms with Crippen molar-refractivity contribution in [3.63, 3.8) is 0 Å². The average molecular weight is 437 g/mol. The number of aliphatic hydroxyl groups excluding tert-OH is 1. The number of carbonyl (C=O) groups is 3. The van der Waals surface area contributed by atoms with Gasteiger partial charge in [0.05, 0.1) is 5.41 Å². The second kappa shape index (κ2) is 8.96. The molecule has 1 aliphatic heterocycles. The molecule has 2 amide bonds. The van der Waals surface area contributed by atoms with Crippen LogP contribution in [0, 0.1) is 5.41 Å². The zero-order chi connectivity index (χ0) is 23.5. The number of amides is 2. The minimum absolute atomic E-state index is 0.0472. The zero-order valence-corrected chi connectivity index (χ0v) is 18.2. The van der Waals surface area contributed by atoms with Crippen LogP contribution in [0.3, 0.4) is 0 Å². The Balaban J connectivity index is 1.90. The van der Waals surface area contributed by atoms with Crippen LogP contribution < -0.4 is 10.6 Å². The number of para-hydroxylation sites is 1. The van der Waals surface area contributed by atoms with E-state index in [2.05, 4.69) is 17.2 Å². The molecule has 4 N–H and O–H groups in total. The molecule has 168 valence electrons. The van der Waals surface area contributed by atoms with Crippen molar-refractivity contribution in [2.75, 3.05) is 5.32 Å². The number of carboxylic acids is 1.